The number of fused-ring (bicyclic) bond motifs is 14. The van der Waals surface area contributed by atoms with E-state index in [4.69, 9.17) is 18.8 Å². The molecular formula is C65H44N4O2. The van der Waals surface area contributed by atoms with E-state index in [0.29, 0.717) is 22.9 Å². The van der Waals surface area contributed by atoms with Crippen LogP contribution in [-0.4, -0.2) is 9.97 Å². The fourth-order valence-electron chi connectivity index (χ4n) is 11.3. The molecule has 14 rings (SSSR count). The van der Waals surface area contributed by atoms with Gasteiger partial charge < -0.3 is 18.6 Å². The number of para-hydroxylation sites is 2. The van der Waals surface area contributed by atoms with E-state index in [2.05, 4.69) is 218 Å². The van der Waals surface area contributed by atoms with E-state index in [1.54, 1.807) is 0 Å². The number of hydrogen-bond acceptors (Lipinski definition) is 6. The van der Waals surface area contributed by atoms with Crippen LogP contribution >= 0.6 is 0 Å². The van der Waals surface area contributed by atoms with Crippen LogP contribution in [0.3, 0.4) is 0 Å². The fourth-order valence-corrected chi connectivity index (χ4v) is 11.3. The van der Waals surface area contributed by atoms with Crippen LogP contribution in [0.4, 0.5) is 34.1 Å². The first-order valence-electron chi connectivity index (χ1n) is 24.1. The summed E-state index contributed by atoms with van der Waals surface area (Å²) in [6, 6.07) is 81.8. The Morgan fingerprint density at radius 3 is 1.08 bits per heavy atom. The molecule has 0 radical (unpaired) electrons. The lowest BCUT2D eigenvalue weighted by atomic mass is 9.70. The molecule has 12 aromatic rings. The van der Waals surface area contributed by atoms with Crippen LogP contribution in [0.1, 0.15) is 33.4 Å². The zero-order valence-corrected chi connectivity index (χ0v) is 39.0. The van der Waals surface area contributed by atoms with E-state index >= 15 is 0 Å². The Hall–Kier alpha value is -9.26. The fraction of sp³-hybridized carbons (Fsp3) is 0.0462. The van der Waals surface area contributed by atoms with Crippen LogP contribution in [0.15, 0.2) is 239 Å². The van der Waals surface area contributed by atoms with Gasteiger partial charge in [-0.15, -0.1) is 0 Å². The Morgan fingerprint density at radius 1 is 0.352 bits per heavy atom. The van der Waals surface area contributed by atoms with Gasteiger partial charge in [-0.1, -0.05) is 157 Å². The number of nitrogens with zero attached hydrogens (tertiary/aromatic N) is 4. The third-order valence-corrected chi connectivity index (χ3v) is 14.4. The standard InChI is InChI=1S/C65H44N4O2/c1-41-31-35-47(36-32-41)68(45-23-11-5-12-24-45)55-39-53-57(61-59(55)66-63(70-61)43-19-7-3-8-20-43)58-54(65(53)51-29-17-15-27-49(51)50-28-16-18-30-52(50)65)40-56(60-62(58)71-64(67-60)44-21-9-4-10-22-44)69(46-25-13-6-14-26-46)48-37-33-42(2)34-38-48/h3-40H,1-2H3. The summed E-state index contributed by atoms with van der Waals surface area (Å²) < 4.78 is 14.7. The molecule has 336 valence electrons. The summed E-state index contributed by atoms with van der Waals surface area (Å²) in [6.45, 7) is 4.26. The van der Waals surface area contributed by atoms with Gasteiger partial charge >= 0.3 is 0 Å². The predicted molar refractivity (Wildman–Crippen MR) is 288 cm³/mol. The number of oxazole rings is 2. The molecule has 0 amide bonds. The minimum Gasteiger partial charge on any atom is -0.435 e. The average Bonchev–Trinajstić information content (AvgIpc) is 4.21. The molecule has 2 aliphatic carbocycles. The first-order valence-corrected chi connectivity index (χ1v) is 24.1. The highest BCUT2D eigenvalue weighted by molar-refractivity contribution is 6.16. The van der Waals surface area contributed by atoms with Crippen LogP contribution in [0.2, 0.25) is 0 Å². The molecular weight excluding hydrogens is 869 g/mol. The molecule has 0 fully saturated rings. The molecule has 0 unspecified atom stereocenters. The Labute approximate surface area is 411 Å². The van der Waals surface area contributed by atoms with E-state index in [1.807, 2.05) is 36.4 Å². The second-order valence-electron chi connectivity index (χ2n) is 18.6. The average molecular weight is 913 g/mol. The normalized spacial score (nSPS) is 12.8. The van der Waals surface area contributed by atoms with Gasteiger partial charge in [0.25, 0.3) is 0 Å². The number of aryl methyl sites for hydroxylation is 2. The number of benzene rings is 10. The van der Waals surface area contributed by atoms with Crippen LogP contribution in [0.25, 0.3) is 67.4 Å². The number of rotatable bonds is 8. The summed E-state index contributed by atoms with van der Waals surface area (Å²) in [5.41, 5.74) is 20.7. The van der Waals surface area contributed by atoms with E-state index in [9.17, 15) is 0 Å². The zero-order chi connectivity index (χ0) is 47.2. The summed E-state index contributed by atoms with van der Waals surface area (Å²) in [7, 11) is 0. The van der Waals surface area contributed by atoms with Crippen molar-refractivity contribution in [1.29, 1.82) is 0 Å². The van der Waals surface area contributed by atoms with Gasteiger partial charge in [-0.25, -0.2) is 9.97 Å². The summed E-state index contributed by atoms with van der Waals surface area (Å²) in [4.78, 5) is 15.7. The molecule has 2 aliphatic rings. The molecule has 10 aromatic carbocycles. The van der Waals surface area contributed by atoms with Gasteiger partial charge in [0.15, 0.2) is 11.2 Å². The molecule has 6 heteroatoms. The maximum Gasteiger partial charge on any atom is 0.227 e. The van der Waals surface area contributed by atoms with Crippen LogP contribution in [0.5, 0.6) is 0 Å². The molecule has 0 bridgehead atoms. The monoisotopic (exact) mass is 912 g/mol. The zero-order valence-electron chi connectivity index (χ0n) is 39.0. The van der Waals surface area contributed by atoms with Gasteiger partial charge in [0.1, 0.15) is 11.0 Å². The first kappa shape index (κ1) is 40.8. The van der Waals surface area contributed by atoms with Gasteiger partial charge in [-0.05, 0) is 132 Å². The smallest absolute Gasteiger partial charge is 0.227 e. The van der Waals surface area contributed by atoms with Crippen molar-refractivity contribution in [2.45, 2.75) is 19.3 Å². The summed E-state index contributed by atoms with van der Waals surface area (Å²) in [5.74, 6) is 1.07. The van der Waals surface area contributed by atoms with Crippen molar-refractivity contribution in [1.82, 2.24) is 9.97 Å². The van der Waals surface area contributed by atoms with Gasteiger partial charge in [0.05, 0.1) is 16.8 Å². The minimum absolute atomic E-state index is 0.534. The Bertz CT molecular complexity index is 3730. The number of hydrogen-bond donors (Lipinski definition) is 0. The van der Waals surface area contributed by atoms with Gasteiger partial charge in [0.2, 0.25) is 11.8 Å². The lowest BCUT2D eigenvalue weighted by Gasteiger charge is -2.33. The van der Waals surface area contributed by atoms with Crippen LogP contribution in [0, 0.1) is 13.8 Å². The highest BCUT2D eigenvalue weighted by atomic mass is 16.4. The van der Waals surface area contributed by atoms with Gasteiger partial charge in [-0.3, -0.25) is 0 Å². The van der Waals surface area contributed by atoms with Gasteiger partial charge in [-0.2, -0.15) is 0 Å². The quantitative estimate of drug-likeness (QED) is 0.151. The second kappa shape index (κ2) is 15.9. The molecule has 2 aromatic heterocycles. The number of anilines is 6. The summed E-state index contributed by atoms with van der Waals surface area (Å²) in [6.07, 6.45) is 0. The van der Waals surface area contributed by atoms with Crippen molar-refractivity contribution in [3.05, 3.63) is 264 Å². The predicted octanol–water partition coefficient (Wildman–Crippen LogP) is 17.2. The summed E-state index contributed by atoms with van der Waals surface area (Å²) >= 11 is 0. The Morgan fingerprint density at radius 2 is 0.690 bits per heavy atom. The highest BCUT2D eigenvalue weighted by Crippen LogP contribution is 2.67. The number of aromatic nitrogens is 2. The van der Waals surface area contributed by atoms with Crippen molar-refractivity contribution < 1.29 is 8.83 Å². The molecule has 0 saturated heterocycles. The van der Waals surface area contributed by atoms with Crippen molar-refractivity contribution in [2.24, 2.45) is 0 Å². The first-order chi connectivity index (χ1) is 35.0. The summed E-state index contributed by atoms with van der Waals surface area (Å²) in [5, 5.41) is 0. The molecule has 6 nitrogen and oxygen atoms in total. The molecule has 0 N–H and O–H groups in total. The molecule has 1 spiro atoms. The third-order valence-electron chi connectivity index (χ3n) is 14.4. The topological polar surface area (TPSA) is 58.5 Å². The molecule has 0 aliphatic heterocycles. The highest BCUT2D eigenvalue weighted by Gasteiger charge is 2.55. The van der Waals surface area contributed by atoms with Gasteiger partial charge in [0, 0.05) is 45.0 Å². The Balaban J connectivity index is 1.19. The maximum absolute atomic E-state index is 7.37. The van der Waals surface area contributed by atoms with Crippen molar-refractivity contribution in [3.63, 3.8) is 0 Å². The molecule has 71 heavy (non-hydrogen) atoms. The lowest BCUT2D eigenvalue weighted by molar-refractivity contribution is 0.616. The van der Waals surface area contributed by atoms with Crippen molar-refractivity contribution >= 4 is 56.3 Å². The minimum atomic E-state index is -0.853. The SMILES string of the molecule is Cc1ccc(N(c2ccccc2)c2cc3c(c4oc(-c5ccccc5)nc24)-c2c(cc(N(c4ccccc4)c4ccc(C)cc4)c4nc(-c5ccccc5)oc24)C32c3ccccc3-c3ccccc32)cc1. The largest absolute Gasteiger partial charge is 0.435 e. The molecule has 0 atom stereocenters. The Kier molecular flexibility index (Phi) is 9.14. The van der Waals surface area contributed by atoms with E-state index in [-0.39, 0.29) is 0 Å². The second-order valence-corrected chi connectivity index (χ2v) is 18.6. The molecule has 0 saturated carbocycles. The van der Waals surface area contributed by atoms with Crippen LogP contribution < -0.4 is 9.80 Å². The van der Waals surface area contributed by atoms with E-state index < -0.39 is 5.41 Å². The van der Waals surface area contributed by atoms with E-state index in [1.165, 1.54) is 33.4 Å². The molecule has 2 heterocycles. The lowest BCUT2D eigenvalue weighted by Crippen LogP contribution is -2.26. The maximum atomic E-state index is 7.37. The van der Waals surface area contributed by atoms with Crippen LogP contribution in [-0.2, 0) is 5.41 Å². The van der Waals surface area contributed by atoms with E-state index in [0.717, 1.165) is 78.5 Å². The van der Waals surface area contributed by atoms with Crippen molar-refractivity contribution in [2.75, 3.05) is 9.80 Å². The van der Waals surface area contributed by atoms with Crippen molar-refractivity contribution in [3.8, 4) is 45.2 Å². The third kappa shape index (κ3) is 6.14.